The summed E-state index contributed by atoms with van der Waals surface area (Å²) in [6.07, 6.45) is 0.624. The molecule has 0 aliphatic rings. The summed E-state index contributed by atoms with van der Waals surface area (Å²) in [6.45, 7) is 4.71. The Morgan fingerprint density at radius 3 is 2.57 bits per heavy atom. The maximum Gasteiger partial charge on any atom is 0.141 e. The minimum Gasteiger partial charge on any atom is -0.310 e. The van der Waals surface area contributed by atoms with Crippen LogP contribution in [-0.4, -0.2) is 6.54 Å². The molecular formula is C17H18ClF2N. The number of likely N-dealkylation sites (N-methyl/N-ethyl adjacent to an activating group) is 1. The Morgan fingerprint density at radius 2 is 1.90 bits per heavy atom. The van der Waals surface area contributed by atoms with Gasteiger partial charge in [-0.05, 0) is 60.8 Å². The molecule has 0 saturated carbocycles. The molecule has 0 spiro atoms. The van der Waals surface area contributed by atoms with Crippen LogP contribution in [0.25, 0.3) is 0 Å². The Morgan fingerprint density at radius 1 is 1.14 bits per heavy atom. The van der Waals surface area contributed by atoms with Crippen LogP contribution < -0.4 is 5.32 Å². The molecule has 2 aromatic rings. The van der Waals surface area contributed by atoms with Crippen LogP contribution in [0.4, 0.5) is 8.78 Å². The lowest BCUT2D eigenvalue weighted by atomic mass is 9.96. The second kappa shape index (κ2) is 7.01. The molecule has 0 aromatic heterocycles. The molecule has 1 atom stereocenters. The van der Waals surface area contributed by atoms with Gasteiger partial charge in [-0.15, -0.1) is 0 Å². The fraction of sp³-hybridized carbons (Fsp3) is 0.294. The molecule has 1 unspecified atom stereocenters. The quantitative estimate of drug-likeness (QED) is 0.835. The van der Waals surface area contributed by atoms with E-state index >= 15 is 0 Å². The Bertz CT molecular complexity index is 628. The van der Waals surface area contributed by atoms with Gasteiger partial charge in [0.15, 0.2) is 0 Å². The zero-order valence-electron chi connectivity index (χ0n) is 12.1. The van der Waals surface area contributed by atoms with Gasteiger partial charge < -0.3 is 5.32 Å². The predicted molar refractivity (Wildman–Crippen MR) is 82.7 cm³/mol. The summed E-state index contributed by atoms with van der Waals surface area (Å²) in [7, 11) is 0. The Hall–Kier alpha value is -1.45. The van der Waals surface area contributed by atoms with Gasteiger partial charge in [0.2, 0.25) is 0 Å². The Labute approximate surface area is 128 Å². The summed E-state index contributed by atoms with van der Waals surface area (Å²) < 4.78 is 26.7. The molecule has 2 rings (SSSR count). The fourth-order valence-corrected chi connectivity index (χ4v) is 2.55. The zero-order valence-corrected chi connectivity index (χ0v) is 12.8. The molecule has 0 saturated heterocycles. The average molecular weight is 310 g/mol. The molecule has 1 nitrogen and oxygen atoms in total. The van der Waals surface area contributed by atoms with Gasteiger partial charge in [-0.3, -0.25) is 0 Å². The van der Waals surface area contributed by atoms with Crippen molar-refractivity contribution >= 4 is 11.6 Å². The van der Waals surface area contributed by atoms with E-state index in [0.29, 0.717) is 6.42 Å². The van der Waals surface area contributed by atoms with Crippen molar-refractivity contribution in [2.75, 3.05) is 6.54 Å². The minimum absolute atomic E-state index is 0.0337. The zero-order chi connectivity index (χ0) is 15.4. The fourth-order valence-electron chi connectivity index (χ4n) is 2.36. The number of hydrogen-bond donors (Lipinski definition) is 1. The molecular weight excluding hydrogens is 292 g/mol. The molecule has 2 aromatic carbocycles. The highest BCUT2D eigenvalue weighted by Crippen LogP contribution is 2.25. The first-order valence-electron chi connectivity index (χ1n) is 6.94. The summed E-state index contributed by atoms with van der Waals surface area (Å²) in [5, 5.41) is 3.44. The highest BCUT2D eigenvalue weighted by Gasteiger charge is 2.14. The maximum absolute atomic E-state index is 13.4. The van der Waals surface area contributed by atoms with E-state index in [4.69, 9.17) is 11.6 Å². The van der Waals surface area contributed by atoms with Gasteiger partial charge in [-0.1, -0.05) is 30.7 Å². The molecule has 0 radical (unpaired) electrons. The summed E-state index contributed by atoms with van der Waals surface area (Å²) in [4.78, 5) is 0. The standard InChI is InChI=1S/C17H18ClF2N/c1-3-21-17(12-5-7-16(20)15(18)9-12)10-13-8-14(19)6-4-11(13)2/h4-9,17,21H,3,10H2,1-2H3. The van der Waals surface area contributed by atoms with E-state index < -0.39 is 5.82 Å². The lowest BCUT2D eigenvalue weighted by Crippen LogP contribution is -2.23. The second-order valence-electron chi connectivity index (χ2n) is 5.06. The third-order valence-corrected chi connectivity index (χ3v) is 3.82. The van der Waals surface area contributed by atoms with Crippen LogP contribution in [0.2, 0.25) is 5.02 Å². The molecule has 0 aliphatic carbocycles. The third-order valence-electron chi connectivity index (χ3n) is 3.53. The van der Waals surface area contributed by atoms with Crippen molar-refractivity contribution in [1.29, 1.82) is 0 Å². The van der Waals surface area contributed by atoms with Gasteiger partial charge in [-0.2, -0.15) is 0 Å². The van der Waals surface area contributed by atoms with Gasteiger partial charge in [0.1, 0.15) is 11.6 Å². The molecule has 4 heteroatoms. The first-order chi connectivity index (χ1) is 10.0. The van der Waals surface area contributed by atoms with Gasteiger partial charge in [-0.25, -0.2) is 8.78 Å². The number of rotatable bonds is 5. The van der Waals surface area contributed by atoms with Crippen LogP contribution in [-0.2, 0) is 6.42 Å². The smallest absolute Gasteiger partial charge is 0.141 e. The average Bonchev–Trinajstić information content (AvgIpc) is 2.45. The molecule has 1 N–H and O–H groups in total. The van der Waals surface area contributed by atoms with Crippen molar-refractivity contribution in [3.8, 4) is 0 Å². The molecule has 0 aliphatic heterocycles. The highest BCUT2D eigenvalue weighted by molar-refractivity contribution is 6.30. The third kappa shape index (κ3) is 4.02. The maximum atomic E-state index is 13.4. The molecule has 0 heterocycles. The van der Waals surface area contributed by atoms with E-state index in [1.54, 1.807) is 24.3 Å². The highest BCUT2D eigenvalue weighted by atomic mass is 35.5. The van der Waals surface area contributed by atoms with Crippen LogP contribution in [0.1, 0.15) is 29.7 Å². The van der Waals surface area contributed by atoms with Crippen molar-refractivity contribution in [2.24, 2.45) is 0 Å². The van der Waals surface area contributed by atoms with Crippen LogP contribution in [0.5, 0.6) is 0 Å². The summed E-state index contributed by atoms with van der Waals surface area (Å²) >= 11 is 5.85. The number of benzene rings is 2. The van der Waals surface area contributed by atoms with E-state index in [2.05, 4.69) is 5.32 Å². The number of halogens is 3. The normalized spacial score (nSPS) is 12.4. The van der Waals surface area contributed by atoms with Crippen LogP contribution in [0.15, 0.2) is 36.4 Å². The number of nitrogens with one attached hydrogen (secondary N) is 1. The Kier molecular flexibility index (Phi) is 5.32. The lowest BCUT2D eigenvalue weighted by molar-refractivity contribution is 0.543. The topological polar surface area (TPSA) is 12.0 Å². The first kappa shape index (κ1) is 15.9. The van der Waals surface area contributed by atoms with Crippen molar-refractivity contribution in [3.05, 3.63) is 69.7 Å². The first-order valence-corrected chi connectivity index (χ1v) is 7.32. The summed E-state index contributed by atoms with van der Waals surface area (Å²) in [5.41, 5.74) is 2.86. The SMILES string of the molecule is CCNC(Cc1cc(F)ccc1C)c1ccc(F)c(Cl)c1. The van der Waals surface area contributed by atoms with Crippen LogP contribution >= 0.6 is 11.6 Å². The van der Waals surface area contributed by atoms with E-state index in [-0.39, 0.29) is 16.9 Å². The number of aryl methyl sites for hydroxylation is 1. The van der Waals surface area contributed by atoms with Crippen LogP contribution in [0.3, 0.4) is 0 Å². The van der Waals surface area contributed by atoms with Crippen molar-refractivity contribution in [2.45, 2.75) is 26.3 Å². The summed E-state index contributed by atoms with van der Waals surface area (Å²) in [6, 6.07) is 9.43. The van der Waals surface area contributed by atoms with E-state index in [1.165, 1.54) is 12.1 Å². The van der Waals surface area contributed by atoms with Gasteiger partial charge >= 0.3 is 0 Å². The monoisotopic (exact) mass is 309 g/mol. The largest absolute Gasteiger partial charge is 0.310 e. The Balaban J connectivity index is 2.30. The molecule has 0 bridgehead atoms. The van der Waals surface area contributed by atoms with E-state index in [9.17, 15) is 8.78 Å². The predicted octanol–water partition coefficient (Wildman–Crippen LogP) is 4.82. The molecule has 0 amide bonds. The van der Waals surface area contributed by atoms with Crippen LogP contribution in [0, 0.1) is 18.6 Å². The van der Waals surface area contributed by atoms with Gasteiger partial charge in [0.25, 0.3) is 0 Å². The summed E-state index contributed by atoms with van der Waals surface area (Å²) in [5.74, 6) is -0.680. The van der Waals surface area contributed by atoms with Crippen molar-refractivity contribution in [3.63, 3.8) is 0 Å². The second-order valence-corrected chi connectivity index (χ2v) is 5.47. The number of hydrogen-bond acceptors (Lipinski definition) is 1. The van der Waals surface area contributed by atoms with Crippen molar-refractivity contribution < 1.29 is 8.78 Å². The minimum atomic E-state index is -0.433. The molecule has 21 heavy (non-hydrogen) atoms. The van der Waals surface area contributed by atoms with E-state index in [1.807, 2.05) is 13.8 Å². The van der Waals surface area contributed by atoms with E-state index in [0.717, 1.165) is 23.2 Å². The lowest BCUT2D eigenvalue weighted by Gasteiger charge is -2.20. The van der Waals surface area contributed by atoms with Gasteiger partial charge in [0, 0.05) is 6.04 Å². The van der Waals surface area contributed by atoms with Crippen molar-refractivity contribution in [1.82, 2.24) is 5.32 Å². The molecule has 0 fully saturated rings. The molecule has 112 valence electrons. The van der Waals surface area contributed by atoms with Gasteiger partial charge in [0.05, 0.1) is 5.02 Å².